The summed E-state index contributed by atoms with van der Waals surface area (Å²) in [5.74, 6) is 0.246. The number of amides is 2. The summed E-state index contributed by atoms with van der Waals surface area (Å²) in [4.78, 5) is 34.7. The van der Waals surface area contributed by atoms with Crippen molar-refractivity contribution in [2.24, 2.45) is 5.41 Å². The van der Waals surface area contributed by atoms with E-state index in [2.05, 4.69) is 26.7 Å². The van der Waals surface area contributed by atoms with E-state index in [1.165, 1.54) is 4.90 Å². The predicted octanol–water partition coefficient (Wildman–Crippen LogP) is 1.60. The van der Waals surface area contributed by atoms with Crippen molar-refractivity contribution in [3.05, 3.63) is 42.1 Å². The number of hydrogen-bond acceptors (Lipinski definition) is 7. The SMILES string of the molecule is CC[C@]1(C#N)CCN(c2ccnc(Nc3ccc(C(=O)NCCO)cc3)n2)C1=O. The highest BCUT2D eigenvalue weighted by Gasteiger charge is 2.46. The van der Waals surface area contributed by atoms with E-state index in [1.54, 1.807) is 36.5 Å². The summed E-state index contributed by atoms with van der Waals surface area (Å²) in [6, 6.07) is 10.5. The van der Waals surface area contributed by atoms with Crippen LogP contribution in [0.1, 0.15) is 30.1 Å². The highest BCUT2D eigenvalue weighted by Crippen LogP contribution is 2.36. The third-order valence-electron chi connectivity index (χ3n) is 4.95. The summed E-state index contributed by atoms with van der Waals surface area (Å²) in [7, 11) is 0. The van der Waals surface area contributed by atoms with Crippen LogP contribution >= 0.6 is 0 Å². The number of benzene rings is 1. The van der Waals surface area contributed by atoms with Crippen molar-refractivity contribution in [1.82, 2.24) is 15.3 Å². The molecule has 0 saturated carbocycles. The molecule has 0 aliphatic carbocycles. The Balaban J connectivity index is 1.72. The van der Waals surface area contributed by atoms with Crippen LogP contribution in [-0.4, -0.2) is 46.6 Å². The average Bonchev–Trinajstić information content (AvgIpc) is 3.09. The first-order chi connectivity index (χ1) is 14.0. The van der Waals surface area contributed by atoms with Crippen LogP contribution in [-0.2, 0) is 4.79 Å². The first kappa shape index (κ1) is 20.2. The Morgan fingerprint density at radius 3 is 2.72 bits per heavy atom. The van der Waals surface area contributed by atoms with Crippen molar-refractivity contribution in [2.45, 2.75) is 19.8 Å². The van der Waals surface area contributed by atoms with Crippen LogP contribution in [0.25, 0.3) is 0 Å². The number of carbonyl (C=O) groups is 2. The number of nitrogens with one attached hydrogen (secondary N) is 2. The van der Waals surface area contributed by atoms with E-state index in [9.17, 15) is 14.9 Å². The maximum atomic E-state index is 12.7. The first-order valence-corrected chi connectivity index (χ1v) is 9.35. The van der Waals surface area contributed by atoms with Gasteiger partial charge in [0, 0.05) is 30.5 Å². The molecule has 1 saturated heterocycles. The number of anilines is 3. The first-order valence-electron chi connectivity index (χ1n) is 9.35. The maximum absolute atomic E-state index is 12.7. The van der Waals surface area contributed by atoms with Gasteiger partial charge in [0.05, 0.1) is 12.7 Å². The predicted molar refractivity (Wildman–Crippen MR) is 106 cm³/mol. The molecule has 0 unspecified atom stereocenters. The number of aliphatic hydroxyl groups excluding tert-OH is 1. The summed E-state index contributed by atoms with van der Waals surface area (Å²) >= 11 is 0. The molecule has 2 amide bonds. The van der Waals surface area contributed by atoms with Crippen LogP contribution in [0.3, 0.4) is 0 Å². The van der Waals surface area contributed by atoms with Gasteiger partial charge >= 0.3 is 0 Å². The number of carbonyl (C=O) groups excluding carboxylic acids is 2. The summed E-state index contributed by atoms with van der Waals surface area (Å²) in [6.07, 6.45) is 2.49. The van der Waals surface area contributed by atoms with E-state index in [-0.39, 0.29) is 25.0 Å². The third kappa shape index (κ3) is 4.17. The fourth-order valence-corrected chi connectivity index (χ4v) is 3.16. The average molecular weight is 394 g/mol. The lowest BCUT2D eigenvalue weighted by molar-refractivity contribution is -0.123. The van der Waals surface area contributed by atoms with Crippen molar-refractivity contribution < 1.29 is 14.7 Å². The van der Waals surface area contributed by atoms with Gasteiger partial charge in [-0.2, -0.15) is 10.2 Å². The Labute approximate surface area is 168 Å². The number of aliphatic hydroxyl groups is 1. The molecule has 1 aliphatic heterocycles. The van der Waals surface area contributed by atoms with Crippen molar-refractivity contribution in [3.63, 3.8) is 0 Å². The third-order valence-corrected chi connectivity index (χ3v) is 4.95. The largest absolute Gasteiger partial charge is 0.395 e. The van der Waals surface area contributed by atoms with Crippen LogP contribution in [0, 0.1) is 16.7 Å². The van der Waals surface area contributed by atoms with Crippen molar-refractivity contribution in [3.8, 4) is 6.07 Å². The van der Waals surface area contributed by atoms with Crippen molar-refractivity contribution >= 4 is 29.3 Å². The van der Waals surface area contributed by atoms with Crippen molar-refractivity contribution in [2.75, 3.05) is 29.9 Å². The fourth-order valence-electron chi connectivity index (χ4n) is 3.16. The molecule has 29 heavy (non-hydrogen) atoms. The van der Waals surface area contributed by atoms with Crippen LogP contribution in [0.15, 0.2) is 36.5 Å². The van der Waals surface area contributed by atoms with Gasteiger partial charge < -0.3 is 15.7 Å². The molecule has 1 aliphatic rings. The molecule has 0 radical (unpaired) electrons. The molecule has 1 atom stereocenters. The normalized spacial score (nSPS) is 18.4. The Morgan fingerprint density at radius 2 is 2.10 bits per heavy atom. The lowest BCUT2D eigenvalue weighted by Crippen LogP contribution is -2.33. The molecule has 0 bridgehead atoms. The molecule has 3 rings (SSSR count). The quantitative estimate of drug-likeness (QED) is 0.650. The summed E-state index contributed by atoms with van der Waals surface area (Å²) < 4.78 is 0. The topological polar surface area (TPSA) is 131 Å². The monoisotopic (exact) mass is 394 g/mol. The molecule has 150 valence electrons. The second-order valence-corrected chi connectivity index (χ2v) is 6.67. The standard InChI is InChI=1S/C20H22N6O3/c1-2-20(13-21)8-11-26(18(20)29)16-7-9-23-19(25-16)24-15-5-3-14(4-6-15)17(28)22-10-12-27/h3-7,9,27H,2,8,10-12H2,1H3,(H,22,28)(H,23,24,25)/t20-/m1/s1. The van der Waals surface area contributed by atoms with Crippen LogP contribution < -0.4 is 15.5 Å². The zero-order chi connectivity index (χ0) is 20.9. The number of nitriles is 1. The molecule has 1 aromatic heterocycles. The fraction of sp³-hybridized carbons (Fsp3) is 0.350. The van der Waals surface area contributed by atoms with Crippen LogP contribution in [0.5, 0.6) is 0 Å². The second-order valence-electron chi connectivity index (χ2n) is 6.67. The lowest BCUT2D eigenvalue weighted by Gasteiger charge is -2.19. The number of hydrogen-bond donors (Lipinski definition) is 3. The molecule has 1 fully saturated rings. The molecule has 2 heterocycles. The van der Waals surface area contributed by atoms with Gasteiger partial charge in [0.1, 0.15) is 11.2 Å². The summed E-state index contributed by atoms with van der Waals surface area (Å²) in [6.45, 7) is 2.35. The number of rotatable bonds is 7. The van der Waals surface area contributed by atoms with E-state index < -0.39 is 5.41 Å². The second kappa shape index (κ2) is 8.67. The highest BCUT2D eigenvalue weighted by molar-refractivity contribution is 6.01. The highest BCUT2D eigenvalue weighted by atomic mass is 16.3. The number of nitrogens with zero attached hydrogens (tertiary/aromatic N) is 4. The molecule has 3 N–H and O–H groups in total. The van der Waals surface area contributed by atoms with Crippen LogP contribution in [0.4, 0.5) is 17.5 Å². The Kier molecular flexibility index (Phi) is 6.04. The Bertz CT molecular complexity index is 940. The molecule has 9 nitrogen and oxygen atoms in total. The van der Waals surface area contributed by atoms with E-state index in [0.29, 0.717) is 42.4 Å². The smallest absolute Gasteiger partial charge is 0.251 e. The molecule has 2 aromatic rings. The number of aromatic nitrogens is 2. The zero-order valence-electron chi connectivity index (χ0n) is 16.1. The van der Waals surface area contributed by atoms with Gasteiger partial charge in [0.2, 0.25) is 11.9 Å². The molecular formula is C20H22N6O3. The molecule has 9 heteroatoms. The van der Waals surface area contributed by atoms with E-state index in [1.807, 2.05) is 6.92 Å². The van der Waals surface area contributed by atoms with Gasteiger partial charge in [0.15, 0.2) is 0 Å². The molecule has 1 aromatic carbocycles. The van der Waals surface area contributed by atoms with Gasteiger partial charge in [-0.1, -0.05) is 6.92 Å². The van der Waals surface area contributed by atoms with Gasteiger partial charge in [-0.05, 0) is 43.2 Å². The lowest BCUT2D eigenvalue weighted by atomic mass is 9.85. The minimum Gasteiger partial charge on any atom is -0.395 e. The van der Waals surface area contributed by atoms with Gasteiger partial charge in [-0.25, -0.2) is 4.98 Å². The van der Waals surface area contributed by atoms with E-state index in [4.69, 9.17) is 5.11 Å². The van der Waals surface area contributed by atoms with E-state index in [0.717, 1.165) is 0 Å². The Morgan fingerprint density at radius 1 is 1.34 bits per heavy atom. The minimum absolute atomic E-state index is 0.119. The molecule has 0 spiro atoms. The van der Waals surface area contributed by atoms with Crippen molar-refractivity contribution in [1.29, 1.82) is 5.26 Å². The molecular weight excluding hydrogens is 372 g/mol. The Hall–Kier alpha value is -3.51. The van der Waals surface area contributed by atoms with Gasteiger partial charge in [-0.15, -0.1) is 0 Å². The summed E-state index contributed by atoms with van der Waals surface area (Å²) in [5.41, 5.74) is 0.160. The zero-order valence-corrected chi connectivity index (χ0v) is 16.1. The summed E-state index contributed by atoms with van der Waals surface area (Å²) in [5, 5.41) is 23.8. The maximum Gasteiger partial charge on any atom is 0.251 e. The minimum atomic E-state index is -0.981. The van der Waals surface area contributed by atoms with Crippen LogP contribution in [0.2, 0.25) is 0 Å². The van der Waals surface area contributed by atoms with E-state index >= 15 is 0 Å². The van der Waals surface area contributed by atoms with Gasteiger partial charge in [0.25, 0.3) is 5.91 Å². The van der Waals surface area contributed by atoms with Gasteiger partial charge in [-0.3, -0.25) is 14.5 Å².